The van der Waals surface area contributed by atoms with Crippen molar-refractivity contribution in [3.8, 4) is 11.1 Å². The molecule has 0 aliphatic rings. The summed E-state index contributed by atoms with van der Waals surface area (Å²) in [5.41, 5.74) is 9.08. The maximum Gasteiger partial charge on any atom is 0.0421 e. The van der Waals surface area contributed by atoms with Crippen LogP contribution in [0.15, 0.2) is 53.9 Å². The van der Waals surface area contributed by atoms with Gasteiger partial charge in [-0.2, -0.15) is 0 Å². The van der Waals surface area contributed by atoms with Gasteiger partial charge < -0.3 is 5.73 Å². The van der Waals surface area contributed by atoms with E-state index in [9.17, 15) is 0 Å². The van der Waals surface area contributed by atoms with Crippen LogP contribution in [0.25, 0.3) is 21.2 Å². The van der Waals surface area contributed by atoms with E-state index >= 15 is 0 Å². The highest BCUT2D eigenvalue weighted by molar-refractivity contribution is 7.17. The number of hydrogen-bond donors (Lipinski definition) is 1. The van der Waals surface area contributed by atoms with Crippen molar-refractivity contribution in [1.82, 2.24) is 0 Å². The summed E-state index contributed by atoms with van der Waals surface area (Å²) in [6, 6.07) is 16.6. The summed E-state index contributed by atoms with van der Waals surface area (Å²) in [4.78, 5) is 0. The summed E-state index contributed by atoms with van der Waals surface area (Å²) in [5, 5.41) is 3.42. The minimum Gasteiger partial charge on any atom is -0.399 e. The Morgan fingerprint density at radius 2 is 1.81 bits per heavy atom. The number of benzene rings is 2. The zero-order chi connectivity index (χ0) is 11.0. The van der Waals surface area contributed by atoms with Crippen molar-refractivity contribution in [2.45, 2.75) is 0 Å². The Hall–Kier alpha value is -1.80. The number of nitrogens with two attached hydrogens (primary N) is 1. The van der Waals surface area contributed by atoms with Crippen LogP contribution in [0.4, 0.5) is 5.69 Å². The molecule has 0 saturated carbocycles. The fourth-order valence-corrected chi connectivity index (χ4v) is 2.86. The van der Waals surface area contributed by atoms with Crippen molar-refractivity contribution < 1.29 is 0 Å². The Balaban J connectivity index is 2.29. The molecule has 0 aliphatic carbocycles. The number of rotatable bonds is 1. The average molecular weight is 225 g/mol. The molecule has 0 spiro atoms. The molecule has 0 amide bonds. The third-order valence-corrected chi connectivity index (χ3v) is 3.64. The molecule has 3 rings (SSSR count). The molecule has 0 aliphatic heterocycles. The van der Waals surface area contributed by atoms with Gasteiger partial charge in [-0.1, -0.05) is 30.3 Å². The van der Waals surface area contributed by atoms with E-state index in [0.717, 1.165) is 5.69 Å². The zero-order valence-corrected chi connectivity index (χ0v) is 9.50. The van der Waals surface area contributed by atoms with Gasteiger partial charge in [0.2, 0.25) is 0 Å². The maximum atomic E-state index is 5.82. The standard InChI is InChI=1S/C14H11NS/c15-12-5-1-4-11(9-12)13-6-2-3-10-7-8-16-14(10)13/h1-9H,15H2. The van der Waals surface area contributed by atoms with Gasteiger partial charge in [0.25, 0.3) is 0 Å². The summed E-state index contributed by atoms with van der Waals surface area (Å²) < 4.78 is 1.33. The first-order chi connectivity index (χ1) is 7.84. The van der Waals surface area contributed by atoms with Crippen molar-refractivity contribution >= 4 is 27.1 Å². The van der Waals surface area contributed by atoms with Gasteiger partial charge in [0, 0.05) is 10.4 Å². The molecule has 3 aromatic rings. The third-order valence-electron chi connectivity index (χ3n) is 2.68. The van der Waals surface area contributed by atoms with Crippen molar-refractivity contribution in [2.24, 2.45) is 0 Å². The lowest BCUT2D eigenvalue weighted by atomic mass is 10.0. The lowest BCUT2D eigenvalue weighted by Gasteiger charge is -2.04. The first kappa shape index (κ1) is 9.43. The molecule has 0 fully saturated rings. The predicted molar refractivity (Wildman–Crippen MR) is 71.7 cm³/mol. The molecule has 1 aromatic heterocycles. The summed E-state index contributed by atoms with van der Waals surface area (Å²) in [6.07, 6.45) is 0. The van der Waals surface area contributed by atoms with Crippen molar-refractivity contribution in [1.29, 1.82) is 0 Å². The van der Waals surface area contributed by atoms with Gasteiger partial charge in [0.1, 0.15) is 0 Å². The Morgan fingerprint density at radius 1 is 0.938 bits per heavy atom. The lowest BCUT2D eigenvalue weighted by molar-refractivity contribution is 1.66. The first-order valence-electron chi connectivity index (χ1n) is 5.17. The lowest BCUT2D eigenvalue weighted by Crippen LogP contribution is -1.85. The summed E-state index contributed by atoms with van der Waals surface area (Å²) in [7, 11) is 0. The summed E-state index contributed by atoms with van der Waals surface area (Å²) >= 11 is 1.77. The molecule has 0 radical (unpaired) electrons. The number of thiophene rings is 1. The Labute approximate surface area is 98.2 Å². The van der Waals surface area contributed by atoms with Gasteiger partial charge in [0.15, 0.2) is 0 Å². The molecule has 0 unspecified atom stereocenters. The van der Waals surface area contributed by atoms with Gasteiger partial charge in [0.05, 0.1) is 0 Å². The van der Waals surface area contributed by atoms with E-state index < -0.39 is 0 Å². The molecule has 0 bridgehead atoms. The van der Waals surface area contributed by atoms with E-state index in [1.807, 2.05) is 18.2 Å². The van der Waals surface area contributed by atoms with Crippen molar-refractivity contribution in [3.63, 3.8) is 0 Å². The van der Waals surface area contributed by atoms with Crippen LogP contribution in [-0.2, 0) is 0 Å². The molecule has 2 N–H and O–H groups in total. The molecular weight excluding hydrogens is 214 g/mol. The second kappa shape index (κ2) is 3.65. The van der Waals surface area contributed by atoms with E-state index in [1.54, 1.807) is 11.3 Å². The number of anilines is 1. The van der Waals surface area contributed by atoms with Crippen LogP contribution in [0.5, 0.6) is 0 Å². The van der Waals surface area contributed by atoms with Crippen molar-refractivity contribution in [3.05, 3.63) is 53.9 Å². The highest BCUT2D eigenvalue weighted by Gasteiger charge is 2.04. The van der Waals surface area contributed by atoms with Gasteiger partial charge in [-0.25, -0.2) is 0 Å². The van der Waals surface area contributed by atoms with Crippen molar-refractivity contribution in [2.75, 3.05) is 5.73 Å². The molecule has 0 atom stereocenters. The number of nitrogen functional groups attached to an aromatic ring is 1. The van der Waals surface area contributed by atoms with Crippen LogP contribution in [0.1, 0.15) is 0 Å². The molecule has 78 valence electrons. The number of fused-ring (bicyclic) bond motifs is 1. The molecular formula is C14H11NS. The highest BCUT2D eigenvalue weighted by atomic mass is 32.1. The minimum atomic E-state index is 0.811. The molecule has 2 aromatic carbocycles. The van der Waals surface area contributed by atoms with Crippen LogP contribution < -0.4 is 5.73 Å². The van der Waals surface area contributed by atoms with E-state index in [1.165, 1.54) is 21.2 Å². The SMILES string of the molecule is Nc1cccc(-c2cccc3ccsc23)c1. The quantitative estimate of drug-likeness (QED) is 0.618. The normalized spacial score (nSPS) is 10.8. The molecule has 0 saturated heterocycles. The maximum absolute atomic E-state index is 5.82. The number of hydrogen-bond acceptors (Lipinski definition) is 2. The fraction of sp³-hybridized carbons (Fsp3) is 0. The average Bonchev–Trinajstić information content (AvgIpc) is 2.76. The summed E-state index contributed by atoms with van der Waals surface area (Å²) in [5.74, 6) is 0. The minimum absolute atomic E-state index is 0.811. The largest absolute Gasteiger partial charge is 0.399 e. The van der Waals surface area contributed by atoms with Crippen LogP contribution >= 0.6 is 11.3 Å². The predicted octanol–water partition coefficient (Wildman–Crippen LogP) is 4.15. The molecule has 2 heteroatoms. The van der Waals surface area contributed by atoms with Gasteiger partial charge in [-0.05, 0) is 40.1 Å². The van der Waals surface area contributed by atoms with Gasteiger partial charge in [-0.15, -0.1) is 11.3 Å². The zero-order valence-electron chi connectivity index (χ0n) is 8.68. The third kappa shape index (κ3) is 1.48. The second-order valence-corrected chi connectivity index (χ2v) is 4.69. The van der Waals surface area contributed by atoms with E-state index in [0.29, 0.717) is 0 Å². The smallest absolute Gasteiger partial charge is 0.0421 e. The topological polar surface area (TPSA) is 26.0 Å². The van der Waals surface area contributed by atoms with Gasteiger partial charge in [-0.3, -0.25) is 0 Å². The van der Waals surface area contributed by atoms with Crippen LogP contribution in [-0.4, -0.2) is 0 Å². The molecule has 16 heavy (non-hydrogen) atoms. The first-order valence-corrected chi connectivity index (χ1v) is 6.05. The van der Waals surface area contributed by atoms with Crippen LogP contribution in [0.2, 0.25) is 0 Å². The molecule has 1 nitrogen and oxygen atoms in total. The Morgan fingerprint density at radius 3 is 2.69 bits per heavy atom. The Bertz CT molecular complexity index is 640. The monoisotopic (exact) mass is 225 g/mol. The van der Waals surface area contributed by atoms with Gasteiger partial charge >= 0.3 is 0 Å². The fourth-order valence-electron chi connectivity index (χ4n) is 1.93. The second-order valence-electron chi connectivity index (χ2n) is 3.77. The van der Waals surface area contributed by atoms with E-state index in [-0.39, 0.29) is 0 Å². The van der Waals surface area contributed by atoms with E-state index in [2.05, 4.69) is 35.7 Å². The molecule has 1 heterocycles. The van der Waals surface area contributed by atoms with E-state index in [4.69, 9.17) is 5.73 Å². The summed E-state index contributed by atoms with van der Waals surface area (Å²) in [6.45, 7) is 0. The Kier molecular flexibility index (Phi) is 2.15. The van der Waals surface area contributed by atoms with Crippen LogP contribution in [0, 0.1) is 0 Å². The van der Waals surface area contributed by atoms with Crippen LogP contribution in [0.3, 0.4) is 0 Å². The highest BCUT2D eigenvalue weighted by Crippen LogP contribution is 2.32.